The number of rotatable bonds is 3. The van der Waals surface area contributed by atoms with E-state index in [0.717, 1.165) is 16.6 Å². The number of nitrogens with one attached hydrogen (secondary N) is 2. The molecule has 0 saturated heterocycles. The van der Waals surface area contributed by atoms with Crippen LogP contribution in [-0.2, 0) is 7.05 Å². The maximum Gasteiger partial charge on any atom is 0.257 e. The molecule has 0 aliphatic rings. The van der Waals surface area contributed by atoms with Crippen LogP contribution in [-0.4, -0.2) is 17.9 Å². The molecule has 0 radical (unpaired) electrons. The van der Waals surface area contributed by atoms with Crippen LogP contribution in [0.5, 0.6) is 0 Å². The van der Waals surface area contributed by atoms with Gasteiger partial charge in [0.25, 0.3) is 5.91 Å². The summed E-state index contributed by atoms with van der Waals surface area (Å²) < 4.78 is 1.89. The third-order valence-electron chi connectivity index (χ3n) is 3.58. The summed E-state index contributed by atoms with van der Waals surface area (Å²) in [5, 5.41) is 3.83. The predicted molar refractivity (Wildman–Crippen MR) is 88.2 cm³/mol. The molecule has 0 aliphatic heterocycles. The second kappa shape index (κ2) is 5.85. The van der Waals surface area contributed by atoms with Crippen LogP contribution in [0.4, 0.5) is 0 Å². The summed E-state index contributed by atoms with van der Waals surface area (Å²) in [6, 6.07) is 10.1. The zero-order valence-corrected chi connectivity index (χ0v) is 12.6. The molecule has 2 N–H and O–H groups in total. The van der Waals surface area contributed by atoms with E-state index >= 15 is 0 Å². The molecule has 3 rings (SSSR count). The average molecular weight is 292 g/mol. The number of carbonyl (C=O) groups excluding carboxylic acids is 1. The highest BCUT2D eigenvalue weighted by molar-refractivity contribution is 5.95. The molecule has 110 valence electrons. The molecule has 0 saturated carbocycles. The van der Waals surface area contributed by atoms with E-state index in [1.807, 2.05) is 54.5 Å². The molecule has 0 bridgehead atoms. The van der Waals surface area contributed by atoms with Gasteiger partial charge in [-0.3, -0.25) is 4.79 Å². The van der Waals surface area contributed by atoms with Crippen molar-refractivity contribution in [1.82, 2.24) is 10.3 Å². The lowest BCUT2D eigenvalue weighted by Gasteiger charge is -1.99. The highest BCUT2D eigenvalue weighted by Gasteiger charge is 2.09. The molecule has 0 fully saturated rings. The number of aromatic amines is 1. The van der Waals surface area contributed by atoms with Gasteiger partial charge in [0.2, 0.25) is 0 Å². The van der Waals surface area contributed by atoms with E-state index in [-0.39, 0.29) is 5.91 Å². The summed E-state index contributed by atoms with van der Waals surface area (Å²) in [5.74, 6) is -0.0852. The lowest BCUT2D eigenvalue weighted by Crippen LogP contribution is -2.30. The Hall–Kier alpha value is -2.88. The van der Waals surface area contributed by atoms with Crippen molar-refractivity contribution >= 4 is 29.0 Å². The summed E-state index contributed by atoms with van der Waals surface area (Å²) in [6.07, 6.45) is 9.85. The van der Waals surface area contributed by atoms with Crippen LogP contribution in [0, 0.1) is 0 Å². The van der Waals surface area contributed by atoms with Crippen molar-refractivity contribution in [3.63, 3.8) is 0 Å². The molecule has 4 heteroatoms. The lowest BCUT2D eigenvalue weighted by atomic mass is 10.1. The van der Waals surface area contributed by atoms with Gasteiger partial charge in [-0.25, -0.2) is 4.57 Å². The van der Waals surface area contributed by atoms with Crippen molar-refractivity contribution < 1.29 is 9.36 Å². The number of carbonyl (C=O) groups is 1. The van der Waals surface area contributed by atoms with Gasteiger partial charge in [0, 0.05) is 29.7 Å². The van der Waals surface area contributed by atoms with Gasteiger partial charge in [0.1, 0.15) is 12.6 Å². The number of hydrogen-bond acceptors (Lipinski definition) is 1. The second-order valence-electron chi connectivity index (χ2n) is 5.23. The van der Waals surface area contributed by atoms with E-state index in [4.69, 9.17) is 0 Å². The Morgan fingerprint density at radius 1 is 1.23 bits per heavy atom. The average Bonchev–Trinajstić information content (AvgIpc) is 2.95. The Morgan fingerprint density at radius 2 is 2.05 bits per heavy atom. The minimum absolute atomic E-state index is 0.0852. The molecule has 3 aromatic rings. The molecule has 1 amide bonds. The maximum atomic E-state index is 11.8. The van der Waals surface area contributed by atoms with Crippen LogP contribution < -0.4 is 9.88 Å². The maximum absolute atomic E-state index is 11.8. The van der Waals surface area contributed by atoms with Crippen LogP contribution in [0.25, 0.3) is 23.1 Å². The summed E-state index contributed by atoms with van der Waals surface area (Å²) in [5.41, 5.74) is 3.87. The molecule has 0 aliphatic carbocycles. The monoisotopic (exact) mass is 292 g/mol. The first-order valence-electron chi connectivity index (χ1n) is 7.14. The van der Waals surface area contributed by atoms with Gasteiger partial charge < -0.3 is 10.3 Å². The van der Waals surface area contributed by atoms with Gasteiger partial charge >= 0.3 is 0 Å². The highest BCUT2D eigenvalue weighted by Crippen LogP contribution is 2.19. The Morgan fingerprint density at radius 3 is 2.86 bits per heavy atom. The normalized spacial score (nSPS) is 11.2. The minimum atomic E-state index is -0.0852. The number of fused-ring (bicyclic) bond motifs is 1. The van der Waals surface area contributed by atoms with Crippen molar-refractivity contribution in [3.8, 4) is 0 Å². The SMILES string of the molecule is CNC(=O)c1cc(/C=C/c2c[nH]c3ccccc23)c[n+](C)c1. The second-order valence-corrected chi connectivity index (χ2v) is 5.23. The van der Waals surface area contributed by atoms with Crippen LogP contribution in [0.2, 0.25) is 0 Å². The molecule has 4 nitrogen and oxygen atoms in total. The summed E-state index contributed by atoms with van der Waals surface area (Å²) in [4.78, 5) is 15.0. The fourth-order valence-corrected chi connectivity index (χ4v) is 2.52. The number of benzene rings is 1. The first kappa shape index (κ1) is 14.1. The van der Waals surface area contributed by atoms with Crippen LogP contribution in [0.1, 0.15) is 21.5 Å². The van der Waals surface area contributed by atoms with Crippen molar-refractivity contribution in [3.05, 3.63) is 65.6 Å². The van der Waals surface area contributed by atoms with Gasteiger partial charge in [0.05, 0.1) is 0 Å². The molecule has 0 unspecified atom stereocenters. The predicted octanol–water partition coefficient (Wildman–Crippen LogP) is 2.52. The quantitative estimate of drug-likeness (QED) is 0.716. The standard InChI is InChI=1S/C18H17N3O/c1-19-18(22)15-9-13(11-21(2)12-15)7-8-14-10-20-17-6-4-3-5-16(14)17/h3-12,20H,1-2H3/p+1/b8-7+. The van der Waals surface area contributed by atoms with Crippen molar-refractivity contribution in [2.45, 2.75) is 0 Å². The fourth-order valence-electron chi connectivity index (χ4n) is 2.52. The van der Waals surface area contributed by atoms with Gasteiger partial charge in [-0.05, 0) is 23.8 Å². The Kier molecular flexibility index (Phi) is 3.74. The Labute approximate surface area is 129 Å². The van der Waals surface area contributed by atoms with Crippen LogP contribution >= 0.6 is 0 Å². The summed E-state index contributed by atoms with van der Waals surface area (Å²) >= 11 is 0. The summed E-state index contributed by atoms with van der Waals surface area (Å²) in [6.45, 7) is 0. The zero-order chi connectivity index (χ0) is 15.5. The van der Waals surface area contributed by atoms with Crippen molar-refractivity contribution in [1.29, 1.82) is 0 Å². The number of aryl methyl sites for hydroxylation is 1. The van der Waals surface area contributed by atoms with E-state index in [2.05, 4.69) is 28.5 Å². The number of H-pyrrole nitrogens is 1. The molecule has 2 heterocycles. The fraction of sp³-hybridized carbons (Fsp3) is 0.111. The van der Waals surface area contributed by atoms with E-state index < -0.39 is 0 Å². The van der Waals surface area contributed by atoms with Crippen LogP contribution in [0.15, 0.2) is 48.9 Å². The number of nitrogens with zero attached hydrogens (tertiary/aromatic N) is 1. The summed E-state index contributed by atoms with van der Waals surface area (Å²) in [7, 11) is 3.55. The smallest absolute Gasteiger partial charge is 0.257 e. The van der Waals surface area contributed by atoms with E-state index in [0.29, 0.717) is 5.56 Å². The highest BCUT2D eigenvalue weighted by atomic mass is 16.1. The molecular weight excluding hydrogens is 274 g/mol. The number of hydrogen-bond donors (Lipinski definition) is 2. The first-order valence-corrected chi connectivity index (χ1v) is 7.14. The van der Waals surface area contributed by atoms with Gasteiger partial charge in [0.15, 0.2) is 12.4 Å². The number of para-hydroxylation sites is 1. The molecule has 1 aromatic carbocycles. The van der Waals surface area contributed by atoms with E-state index in [1.54, 1.807) is 7.05 Å². The van der Waals surface area contributed by atoms with E-state index in [1.165, 1.54) is 5.39 Å². The molecular formula is C18H18N3O+. The molecule has 0 atom stereocenters. The van der Waals surface area contributed by atoms with Gasteiger partial charge in [-0.1, -0.05) is 24.3 Å². The topological polar surface area (TPSA) is 48.8 Å². The largest absolute Gasteiger partial charge is 0.361 e. The van der Waals surface area contributed by atoms with Crippen molar-refractivity contribution in [2.24, 2.45) is 7.05 Å². The van der Waals surface area contributed by atoms with Crippen molar-refractivity contribution in [2.75, 3.05) is 7.05 Å². The van der Waals surface area contributed by atoms with E-state index in [9.17, 15) is 4.79 Å². The molecule has 2 aromatic heterocycles. The first-order chi connectivity index (χ1) is 10.7. The molecule has 22 heavy (non-hydrogen) atoms. The Balaban J connectivity index is 1.95. The zero-order valence-electron chi connectivity index (χ0n) is 12.6. The third-order valence-corrected chi connectivity index (χ3v) is 3.58. The Bertz CT molecular complexity index is 862. The molecule has 0 spiro atoms. The third kappa shape index (κ3) is 2.76. The minimum Gasteiger partial charge on any atom is -0.361 e. The number of amides is 1. The lowest BCUT2D eigenvalue weighted by molar-refractivity contribution is -0.671. The number of pyridine rings is 1. The van der Waals surface area contributed by atoms with Gasteiger partial charge in [-0.15, -0.1) is 0 Å². The van der Waals surface area contributed by atoms with Crippen LogP contribution in [0.3, 0.4) is 0 Å². The number of aromatic nitrogens is 2. The van der Waals surface area contributed by atoms with Gasteiger partial charge in [-0.2, -0.15) is 0 Å².